The normalized spacial score (nSPS) is 24.5. The largest absolute Gasteiger partial charge is 0.416 e. The molecule has 2 aromatic rings. The molecule has 2 aliphatic rings. The van der Waals surface area contributed by atoms with Gasteiger partial charge in [0, 0.05) is 12.5 Å². The second-order valence-electron chi connectivity index (χ2n) is 7.37. The predicted octanol–water partition coefficient (Wildman–Crippen LogP) is 5.09. The maximum Gasteiger partial charge on any atom is 0.416 e. The average molecular weight is 377 g/mol. The van der Waals surface area contributed by atoms with Crippen molar-refractivity contribution in [3.8, 4) is 0 Å². The zero-order valence-electron chi connectivity index (χ0n) is 14.8. The molecule has 0 radical (unpaired) electrons. The Morgan fingerprint density at radius 3 is 2.67 bits per heavy atom. The molecule has 0 N–H and O–H groups in total. The molecular weight excluding hydrogens is 358 g/mol. The highest BCUT2D eigenvalue weighted by molar-refractivity contribution is 5.83. The minimum atomic E-state index is -4.39. The Morgan fingerprint density at radius 2 is 1.93 bits per heavy atom. The van der Waals surface area contributed by atoms with Gasteiger partial charge >= 0.3 is 6.18 Å². The molecule has 0 spiro atoms. The third kappa shape index (κ3) is 3.33. The van der Waals surface area contributed by atoms with Gasteiger partial charge in [-0.15, -0.1) is 0 Å². The number of carbonyl (C=O) groups excluding carboxylic acids is 1. The summed E-state index contributed by atoms with van der Waals surface area (Å²) in [5.41, 5.74) is 1.72. The van der Waals surface area contributed by atoms with E-state index in [-0.39, 0.29) is 29.6 Å². The lowest BCUT2D eigenvalue weighted by molar-refractivity contribution is -0.137. The number of hydrogen-bond acceptors (Lipinski definition) is 1. The number of rotatable bonds is 2. The first-order chi connectivity index (χ1) is 12.8. The third-order valence-electron chi connectivity index (χ3n) is 5.68. The Balaban J connectivity index is 1.51. The van der Waals surface area contributed by atoms with Gasteiger partial charge in [0.25, 0.3) is 0 Å². The second-order valence-corrected chi connectivity index (χ2v) is 7.37. The van der Waals surface area contributed by atoms with Gasteiger partial charge in [-0.1, -0.05) is 24.3 Å². The van der Waals surface area contributed by atoms with Crippen LogP contribution >= 0.6 is 0 Å². The van der Waals surface area contributed by atoms with E-state index in [4.69, 9.17) is 0 Å². The summed E-state index contributed by atoms with van der Waals surface area (Å²) >= 11 is 0. The van der Waals surface area contributed by atoms with Crippen LogP contribution in [-0.4, -0.2) is 17.4 Å². The zero-order valence-corrected chi connectivity index (χ0v) is 14.8. The molecule has 0 bridgehead atoms. The summed E-state index contributed by atoms with van der Waals surface area (Å²) < 4.78 is 52.3. The van der Waals surface area contributed by atoms with E-state index in [0.717, 1.165) is 23.3 Å². The third-order valence-corrected chi connectivity index (χ3v) is 5.68. The first kappa shape index (κ1) is 18.0. The molecule has 0 saturated heterocycles. The van der Waals surface area contributed by atoms with E-state index in [1.807, 2.05) is 6.92 Å². The van der Waals surface area contributed by atoms with E-state index < -0.39 is 11.7 Å². The minimum Gasteiger partial charge on any atom is -0.335 e. The summed E-state index contributed by atoms with van der Waals surface area (Å²) in [6, 6.07) is 9.64. The van der Waals surface area contributed by atoms with Crippen LogP contribution in [0.3, 0.4) is 0 Å². The Kier molecular flexibility index (Phi) is 4.24. The first-order valence-corrected chi connectivity index (χ1v) is 9.01. The van der Waals surface area contributed by atoms with Crippen LogP contribution in [0, 0.1) is 11.7 Å². The highest BCUT2D eigenvalue weighted by atomic mass is 19.4. The zero-order chi connectivity index (χ0) is 19.3. The minimum absolute atomic E-state index is 0.0557. The molecule has 1 saturated carbocycles. The number of benzene rings is 2. The van der Waals surface area contributed by atoms with Gasteiger partial charge in [0.2, 0.25) is 5.91 Å². The van der Waals surface area contributed by atoms with E-state index in [9.17, 15) is 22.4 Å². The van der Waals surface area contributed by atoms with Crippen molar-refractivity contribution in [2.45, 2.75) is 37.9 Å². The molecule has 3 unspecified atom stereocenters. The lowest BCUT2D eigenvalue weighted by Gasteiger charge is -2.35. The van der Waals surface area contributed by atoms with E-state index in [1.165, 1.54) is 18.2 Å². The smallest absolute Gasteiger partial charge is 0.335 e. The van der Waals surface area contributed by atoms with Crippen molar-refractivity contribution in [3.63, 3.8) is 0 Å². The summed E-state index contributed by atoms with van der Waals surface area (Å²) in [4.78, 5) is 14.7. The maximum atomic E-state index is 13.6. The van der Waals surface area contributed by atoms with Crippen molar-refractivity contribution < 1.29 is 22.4 Å². The fourth-order valence-electron chi connectivity index (χ4n) is 4.08. The van der Waals surface area contributed by atoms with Crippen molar-refractivity contribution in [2.75, 3.05) is 6.54 Å². The van der Waals surface area contributed by atoms with Gasteiger partial charge in [-0.05, 0) is 60.6 Å². The summed E-state index contributed by atoms with van der Waals surface area (Å²) in [6.45, 7) is 2.42. The lowest BCUT2D eigenvalue weighted by atomic mass is 9.93. The SMILES string of the molecule is CC1c2cc(F)ccc2CCN1C(=O)C1CC1c1cccc(C(F)(F)F)c1. The number of nitrogens with zero attached hydrogens (tertiary/aromatic N) is 1. The quantitative estimate of drug-likeness (QED) is 0.668. The fourth-order valence-corrected chi connectivity index (χ4v) is 4.08. The topological polar surface area (TPSA) is 20.3 Å². The van der Waals surface area contributed by atoms with Crippen LogP contribution in [0.5, 0.6) is 0 Å². The van der Waals surface area contributed by atoms with Gasteiger partial charge in [0.05, 0.1) is 11.6 Å². The molecule has 2 aromatic carbocycles. The highest BCUT2D eigenvalue weighted by Crippen LogP contribution is 2.50. The first-order valence-electron chi connectivity index (χ1n) is 9.01. The van der Waals surface area contributed by atoms with Gasteiger partial charge in [0.1, 0.15) is 5.82 Å². The molecule has 6 heteroatoms. The summed E-state index contributed by atoms with van der Waals surface area (Å²) in [5.74, 6) is -0.866. The van der Waals surface area contributed by atoms with Crippen LogP contribution in [0.4, 0.5) is 17.6 Å². The molecule has 1 aliphatic carbocycles. The van der Waals surface area contributed by atoms with Crippen LogP contribution in [0.1, 0.15) is 47.6 Å². The molecule has 142 valence electrons. The molecular formula is C21H19F4NO. The Bertz CT molecular complexity index is 892. The Morgan fingerprint density at radius 1 is 1.15 bits per heavy atom. The number of hydrogen-bond donors (Lipinski definition) is 0. The van der Waals surface area contributed by atoms with E-state index >= 15 is 0 Å². The summed E-state index contributed by atoms with van der Waals surface area (Å²) in [5, 5.41) is 0. The molecule has 1 aliphatic heterocycles. The number of fused-ring (bicyclic) bond motifs is 1. The molecule has 27 heavy (non-hydrogen) atoms. The van der Waals surface area contributed by atoms with Crippen molar-refractivity contribution in [1.29, 1.82) is 0 Å². The Hall–Kier alpha value is -2.37. The average Bonchev–Trinajstić information content (AvgIpc) is 3.42. The van der Waals surface area contributed by atoms with Crippen LogP contribution in [0.25, 0.3) is 0 Å². The monoisotopic (exact) mass is 377 g/mol. The standard InChI is InChI=1S/C21H19F4NO/c1-12-17-10-16(22)6-5-13(17)7-8-26(12)20(27)19-11-18(19)14-3-2-4-15(9-14)21(23,24)25/h2-6,9-10,12,18-19H,7-8,11H2,1H3. The van der Waals surface area contributed by atoms with Gasteiger partial charge in [-0.25, -0.2) is 4.39 Å². The predicted molar refractivity (Wildman–Crippen MR) is 92.5 cm³/mol. The second kappa shape index (κ2) is 6.36. The number of amides is 1. The van der Waals surface area contributed by atoms with Crippen LogP contribution in [0.15, 0.2) is 42.5 Å². The highest BCUT2D eigenvalue weighted by Gasteiger charge is 2.47. The fraction of sp³-hybridized carbons (Fsp3) is 0.381. The van der Waals surface area contributed by atoms with Crippen LogP contribution < -0.4 is 0 Å². The van der Waals surface area contributed by atoms with E-state index in [0.29, 0.717) is 24.9 Å². The van der Waals surface area contributed by atoms with Crippen LogP contribution in [0.2, 0.25) is 0 Å². The van der Waals surface area contributed by atoms with Gasteiger partial charge in [-0.2, -0.15) is 13.2 Å². The lowest BCUT2D eigenvalue weighted by Crippen LogP contribution is -2.40. The van der Waals surface area contributed by atoms with Crippen molar-refractivity contribution in [3.05, 3.63) is 70.5 Å². The Labute approximate surface area is 154 Å². The number of carbonyl (C=O) groups is 1. The van der Waals surface area contributed by atoms with Crippen molar-refractivity contribution in [1.82, 2.24) is 4.90 Å². The summed E-state index contributed by atoms with van der Waals surface area (Å²) in [6.07, 6.45) is -3.18. The van der Waals surface area contributed by atoms with E-state index in [1.54, 1.807) is 17.0 Å². The molecule has 1 fully saturated rings. The number of alkyl halides is 3. The van der Waals surface area contributed by atoms with Gasteiger partial charge in [0.15, 0.2) is 0 Å². The molecule has 0 aromatic heterocycles. The maximum absolute atomic E-state index is 13.6. The van der Waals surface area contributed by atoms with Crippen molar-refractivity contribution in [2.24, 2.45) is 5.92 Å². The molecule has 1 amide bonds. The summed E-state index contributed by atoms with van der Waals surface area (Å²) in [7, 11) is 0. The molecule has 1 heterocycles. The van der Waals surface area contributed by atoms with E-state index in [2.05, 4.69) is 0 Å². The molecule has 2 nitrogen and oxygen atoms in total. The molecule has 4 rings (SSSR count). The number of halogens is 4. The van der Waals surface area contributed by atoms with Gasteiger partial charge < -0.3 is 4.90 Å². The van der Waals surface area contributed by atoms with Crippen molar-refractivity contribution >= 4 is 5.91 Å². The van der Waals surface area contributed by atoms with Gasteiger partial charge in [-0.3, -0.25) is 4.79 Å². The molecule has 3 atom stereocenters. The van der Waals surface area contributed by atoms with Crippen LogP contribution in [-0.2, 0) is 17.4 Å².